The lowest BCUT2D eigenvalue weighted by molar-refractivity contribution is -0.145. The van der Waals surface area contributed by atoms with E-state index in [2.05, 4.69) is 17.2 Å². The molecule has 0 aliphatic carbocycles. The second-order valence-electron chi connectivity index (χ2n) is 6.39. The van der Waals surface area contributed by atoms with E-state index in [0.29, 0.717) is 27.8 Å². The maximum atomic E-state index is 12.4. The highest BCUT2D eigenvalue weighted by Crippen LogP contribution is 2.31. The van der Waals surface area contributed by atoms with Gasteiger partial charge < -0.3 is 15.2 Å². The highest BCUT2D eigenvalue weighted by molar-refractivity contribution is 8.18. The van der Waals surface area contributed by atoms with Crippen molar-refractivity contribution < 1.29 is 19.4 Å². The zero-order valence-corrected chi connectivity index (χ0v) is 17.0. The lowest BCUT2D eigenvalue weighted by Crippen LogP contribution is -2.26. The van der Waals surface area contributed by atoms with Crippen LogP contribution in [-0.4, -0.2) is 28.3 Å². The molecule has 2 aromatic rings. The number of thioether (sulfide) groups is 1. The highest BCUT2D eigenvalue weighted by atomic mass is 32.2. The molecule has 0 aromatic heterocycles. The van der Waals surface area contributed by atoms with E-state index in [0.717, 1.165) is 12.1 Å². The Labute approximate surface area is 173 Å². The number of hydrogen-bond acceptors (Lipinski definition) is 5. The number of amidine groups is 1. The van der Waals surface area contributed by atoms with Gasteiger partial charge in [0.25, 0.3) is 5.91 Å². The molecule has 1 aliphatic heterocycles. The predicted molar refractivity (Wildman–Crippen MR) is 115 cm³/mol. The average Bonchev–Trinajstić information content (AvgIpc) is 3.06. The number of carboxylic acids is 1. The summed E-state index contributed by atoms with van der Waals surface area (Å²) in [5, 5.41) is 12.5. The number of carbonyl (C=O) groups excluding carboxylic acids is 1. The average molecular weight is 410 g/mol. The molecule has 2 N–H and O–H groups in total. The van der Waals surface area contributed by atoms with Crippen molar-refractivity contribution >= 4 is 40.6 Å². The van der Waals surface area contributed by atoms with Crippen LogP contribution in [0.2, 0.25) is 0 Å². The number of hydrogen-bond donors (Lipinski definition) is 2. The molecule has 7 heteroatoms. The number of rotatable bonds is 7. The van der Waals surface area contributed by atoms with Gasteiger partial charge in [0.05, 0.1) is 10.6 Å². The Bertz CT molecular complexity index is 967. The van der Waals surface area contributed by atoms with Crippen LogP contribution in [0, 0.1) is 0 Å². The molecular weight excluding hydrogens is 388 g/mol. The number of aryl methyl sites for hydroxylation is 1. The minimum atomic E-state index is -1.02. The van der Waals surface area contributed by atoms with Crippen LogP contribution in [0.1, 0.15) is 31.4 Å². The van der Waals surface area contributed by atoms with E-state index in [4.69, 9.17) is 4.74 Å². The number of amides is 1. The van der Waals surface area contributed by atoms with Crippen molar-refractivity contribution in [2.75, 3.05) is 0 Å². The van der Waals surface area contributed by atoms with Gasteiger partial charge in [-0.15, -0.1) is 0 Å². The monoisotopic (exact) mass is 410 g/mol. The number of aliphatic imine (C=N–C) groups is 1. The molecule has 1 aliphatic rings. The first kappa shape index (κ1) is 20.7. The standard InChI is InChI=1S/C22H22N2O4S/c1-3-14-9-11-16(12-10-14)23-22-24-20(25)19(29-22)13-15-7-5-6-8-18(15)28-17(4-2)21(26)27/h5-13,17H,3-4H2,1-2H3,(H,26,27)(H,23,24,25)/b19-13+. The maximum absolute atomic E-state index is 12.4. The molecule has 1 saturated heterocycles. The third kappa shape index (κ3) is 5.26. The second-order valence-corrected chi connectivity index (χ2v) is 7.42. The third-order valence-corrected chi connectivity index (χ3v) is 5.26. The van der Waals surface area contributed by atoms with E-state index in [1.807, 2.05) is 30.3 Å². The van der Waals surface area contributed by atoms with E-state index in [9.17, 15) is 14.7 Å². The van der Waals surface area contributed by atoms with Crippen LogP contribution in [0.5, 0.6) is 5.75 Å². The molecular formula is C22H22N2O4S. The van der Waals surface area contributed by atoms with Gasteiger partial charge in [0, 0.05) is 5.56 Å². The van der Waals surface area contributed by atoms with Gasteiger partial charge in [-0.3, -0.25) is 4.79 Å². The van der Waals surface area contributed by atoms with E-state index in [1.54, 1.807) is 31.2 Å². The van der Waals surface area contributed by atoms with E-state index in [-0.39, 0.29) is 5.91 Å². The molecule has 0 radical (unpaired) electrons. The Morgan fingerprint density at radius 2 is 1.93 bits per heavy atom. The summed E-state index contributed by atoms with van der Waals surface area (Å²) in [4.78, 5) is 28.6. The number of para-hydroxylation sites is 1. The quantitative estimate of drug-likeness (QED) is 0.661. The van der Waals surface area contributed by atoms with Crippen molar-refractivity contribution in [3.8, 4) is 5.75 Å². The SMILES string of the molecule is CCc1ccc(N=C2NC(=O)/C(=C\c3ccccc3OC(CC)C(=O)O)S2)cc1. The van der Waals surface area contributed by atoms with Crippen molar-refractivity contribution in [3.05, 3.63) is 64.6 Å². The van der Waals surface area contributed by atoms with Crippen molar-refractivity contribution in [1.82, 2.24) is 5.32 Å². The van der Waals surface area contributed by atoms with Gasteiger partial charge in [-0.2, -0.15) is 0 Å². The van der Waals surface area contributed by atoms with Crippen LogP contribution in [0.4, 0.5) is 5.69 Å². The molecule has 1 heterocycles. The molecule has 1 unspecified atom stereocenters. The number of carboxylic acid groups (broad SMARTS) is 1. The summed E-state index contributed by atoms with van der Waals surface area (Å²) in [6.07, 6.45) is 2.04. The predicted octanol–water partition coefficient (Wildman–Crippen LogP) is 4.38. The largest absolute Gasteiger partial charge is 0.479 e. The van der Waals surface area contributed by atoms with Gasteiger partial charge in [0.15, 0.2) is 11.3 Å². The van der Waals surface area contributed by atoms with E-state index >= 15 is 0 Å². The molecule has 150 valence electrons. The Morgan fingerprint density at radius 1 is 1.21 bits per heavy atom. The van der Waals surface area contributed by atoms with Gasteiger partial charge in [-0.05, 0) is 54.4 Å². The van der Waals surface area contributed by atoms with Crippen LogP contribution < -0.4 is 10.1 Å². The fraction of sp³-hybridized carbons (Fsp3) is 0.227. The Morgan fingerprint density at radius 3 is 2.59 bits per heavy atom. The lowest BCUT2D eigenvalue weighted by atomic mass is 10.1. The molecule has 3 rings (SSSR count). The molecule has 29 heavy (non-hydrogen) atoms. The molecule has 1 atom stereocenters. The summed E-state index contributed by atoms with van der Waals surface area (Å²) in [5.74, 6) is -0.853. The number of nitrogens with one attached hydrogen (secondary N) is 1. The zero-order valence-electron chi connectivity index (χ0n) is 16.2. The fourth-order valence-electron chi connectivity index (χ4n) is 2.71. The van der Waals surface area contributed by atoms with E-state index < -0.39 is 12.1 Å². The summed E-state index contributed by atoms with van der Waals surface area (Å²) >= 11 is 1.24. The highest BCUT2D eigenvalue weighted by Gasteiger charge is 2.25. The fourth-order valence-corrected chi connectivity index (χ4v) is 3.55. The van der Waals surface area contributed by atoms with Crippen LogP contribution in [0.3, 0.4) is 0 Å². The van der Waals surface area contributed by atoms with Crippen LogP contribution in [-0.2, 0) is 16.0 Å². The van der Waals surface area contributed by atoms with Gasteiger partial charge in [-0.1, -0.05) is 44.2 Å². The minimum Gasteiger partial charge on any atom is -0.479 e. The van der Waals surface area contributed by atoms with Crippen molar-refractivity contribution in [2.24, 2.45) is 4.99 Å². The number of benzene rings is 2. The summed E-state index contributed by atoms with van der Waals surface area (Å²) < 4.78 is 5.63. The smallest absolute Gasteiger partial charge is 0.344 e. The summed E-state index contributed by atoms with van der Waals surface area (Å²) in [7, 11) is 0. The Kier molecular flexibility index (Phi) is 6.72. The normalized spacial score (nSPS) is 17.4. The summed E-state index contributed by atoms with van der Waals surface area (Å²) in [6, 6.07) is 14.9. The number of nitrogens with zero attached hydrogens (tertiary/aromatic N) is 1. The van der Waals surface area contributed by atoms with Gasteiger partial charge in [0.2, 0.25) is 0 Å². The topological polar surface area (TPSA) is 88.0 Å². The molecule has 2 aromatic carbocycles. The summed E-state index contributed by atoms with van der Waals surface area (Å²) in [6.45, 7) is 3.83. The van der Waals surface area contributed by atoms with Gasteiger partial charge in [-0.25, -0.2) is 9.79 Å². The number of aliphatic carboxylic acids is 1. The molecule has 6 nitrogen and oxygen atoms in total. The van der Waals surface area contributed by atoms with Gasteiger partial charge in [0.1, 0.15) is 5.75 Å². The van der Waals surface area contributed by atoms with Crippen LogP contribution in [0.15, 0.2) is 58.4 Å². The van der Waals surface area contributed by atoms with Gasteiger partial charge >= 0.3 is 5.97 Å². The zero-order chi connectivity index (χ0) is 20.8. The maximum Gasteiger partial charge on any atom is 0.344 e. The first-order valence-corrected chi connectivity index (χ1v) is 10.2. The van der Waals surface area contributed by atoms with Crippen LogP contribution in [0.25, 0.3) is 6.08 Å². The van der Waals surface area contributed by atoms with Crippen LogP contribution >= 0.6 is 11.8 Å². The Hall–Kier alpha value is -3.06. The Balaban J connectivity index is 1.81. The first-order valence-electron chi connectivity index (χ1n) is 9.37. The lowest BCUT2D eigenvalue weighted by Gasteiger charge is -2.15. The van der Waals surface area contributed by atoms with E-state index in [1.165, 1.54) is 17.3 Å². The molecule has 0 saturated carbocycles. The molecule has 0 bridgehead atoms. The van der Waals surface area contributed by atoms with Crippen molar-refractivity contribution in [2.45, 2.75) is 32.8 Å². The third-order valence-electron chi connectivity index (χ3n) is 4.35. The molecule has 1 fully saturated rings. The number of carbonyl (C=O) groups is 2. The summed E-state index contributed by atoms with van der Waals surface area (Å²) in [5.41, 5.74) is 2.63. The first-order chi connectivity index (χ1) is 14.0. The number of ether oxygens (including phenoxy) is 1. The molecule has 1 amide bonds. The second kappa shape index (κ2) is 9.43. The molecule has 0 spiro atoms. The van der Waals surface area contributed by atoms with Crippen molar-refractivity contribution in [1.29, 1.82) is 0 Å². The van der Waals surface area contributed by atoms with Crippen molar-refractivity contribution in [3.63, 3.8) is 0 Å². The minimum absolute atomic E-state index is 0.251.